The summed E-state index contributed by atoms with van der Waals surface area (Å²) in [5, 5.41) is 3.69. The molecule has 4 heteroatoms. The smallest absolute Gasteiger partial charge is 0.205 e. The highest BCUT2D eigenvalue weighted by atomic mass is 35.5. The van der Waals surface area contributed by atoms with Crippen LogP contribution < -0.4 is 15.9 Å². The van der Waals surface area contributed by atoms with Gasteiger partial charge in [-0.05, 0) is 47.1 Å². The Bertz CT molecular complexity index is 1100. The maximum absolute atomic E-state index is 13.6. The van der Waals surface area contributed by atoms with Crippen LogP contribution in [0.15, 0.2) is 115 Å². The van der Waals surface area contributed by atoms with Gasteiger partial charge >= 0.3 is 0 Å². The molecular weight excluding hydrogens is 430 g/mol. The van der Waals surface area contributed by atoms with E-state index in [2.05, 4.69) is 36.4 Å². The Labute approximate surface area is 186 Å². The van der Waals surface area contributed by atoms with Crippen LogP contribution in [0.1, 0.15) is 10.4 Å². The van der Waals surface area contributed by atoms with E-state index in [1.165, 1.54) is 0 Å². The first-order valence-electron chi connectivity index (χ1n) is 9.53. The van der Waals surface area contributed by atoms with Crippen molar-refractivity contribution in [1.29, 1.82) is 0 Å². The molecule has 0 radical (unpaired) electrons. The number of carbonyl (C=O) groups excluding carboxylic acids is 1. The number of rotatable bonds is 5. The van der Waals surface area contributed by atoms with Gasteiger partial charge in [0, 0.05) is 10.6 Å². The fourth-order valence-corrected chi connectivity index (χ4v) is 8.59. The first kappa shape index (κ1) is 20.7. The van der Waals surface area contributed by atoms with Gasteiger partial charge in [0.1, 0.15) is 0 Å². The molecule has 4 aromatic carbocycles. The summed E-state index contributed by atoms with van der Waals surface area (Å²) in [6.45, 7) is -2.58. The zero-order chi connectivity index (χ0) is 21.0. The fraction of sp³-hybridized carbons (Fsp3) is 0. The van der Waals surface area contributed by atoms with Crippen molar-refractivity contribution in [1.82, 2.24) is 0 Å². The van der Waals surface area contributed by atoms with Crippen molar-refractivity contribution in [3.63, 3.8) is 0 Å². The maximum atomic E-state index is 13.6. The molecule has 0 saturated carbocycles. The minimum atomic E-state index is -2.58. The Hall–Kier alpha value is -2.57. The fourth-order valence-electron chi connectivity index (χ4n) is 3.61. The van der Waals surface area contributed by atoms with Gasteiger partial charge in [0.25, 0.3) is 0 Å². The summed E-state index contributed by atoms with van der Waals surface area (Å²) in [6, 6.07) is 37.1. The van der Waals surface area contributed by atoms with Gasteiger partial charge in [-0.2, -0.15) is 0 Å². The van der Waals surface area contributed by atoms with Crippen molar-refractivity contribution in [2.45, 2.75) is 0 Å². The second-order valence-corrected chi connectivity index (χ2v) is 11.2. The average Bonchev–Trinajstić information content (AvgIpc) is 2.82. The summed E-state index contributed by atoms with van der Waals surface area (Å²) < 4.78 is 0.327. The van der Waals surface area contributed by atoms with Crippen LogP contribution in [-0.2, 0) is 0 Å². The van der Waals surface area contributed by atoms with Gasteiger partial charge in [0.05, 0.1) is 4.75 Å². The van der Waals surface area contributed by atoms with E-state index in [9.17, 15) is 4.79 Å². The number of hydrogen-bond donors (Lipinski definition) is 0. The van der Waals surface area contributed by atoms with Crippen LogP contribution in [0.5, 0.6) is 0 Å². The number of carbonyl (C=O) groups is 1. The van der Waals surface area contributed by atoms with Crippen LogP contribution in [0, 0.1) is 0 Å². The molecule has 0 atom stereocenters. The van der Waals surface area contributed by atoms with E-state index >= 15 is 0 Å². The highest BCUT2D eigenvalue weighted by Crippen LogP contribution is 2.47. The summed E-state index contributed by atoms with van der Waals surface area (Å²) in [5.74, 6) is -0.182. The van der Waals surface area contributed by atoms with Crippen molar-refractivity contribution in [2.24, 2.45) is 0 Å². The Morgan fingerprint density at radius 1 is 0.567 bits per heavy atom. The van der Waals surface area contributed by atoms with Gasteiger partial charge in [-0.1, -0.05) is 114 Å². The van der Waals surface area contributed by atoms with E-state index in [0.717, 1.165) is 15.9 Å². The molecule has 4 aromatic rings. The molecule has 0 fully saturated rings. The number of ketones is 1. The van der Waals surface area contributed by atoms with Crippen molar-refractivity contribution in [3.8, 4) is 0 Å². The van der Waals surface area contributed by atoms with Gasteiger partial charge in [-0.3, -0.25) is 4.79 Å². The first-order valence-corrected chi connectivity index (χ1v) is 12.1. The SMILES string of the molecule is O=C(C(Cl)=P(c1ccccc1)(c1ccccc1)c1ccccc1)c1ccc(Cl)cc1. The van der Waals surface area contributed by atoms with Crippen LogP contribution in [-0.4, -0.2) is 10.5 Å². The molecule has 30 heavy (non-hydrogen) atoms. The zero-order valence-corrected chi connectivity index (χ0v) is 18.5. The molecule has 0 unspecified atom stereocenters. The lowest BCUT2D eigenvalue weighted by atomic mass is 10.1. The third-order valence-electron chi connectivity index (χ3n) is 5.02. The Morgan fingerprint density at radius 3 is 1.30 bits per heavy atom. The molecule has 0 aromatic heterocycles. The minimum absolute atomic E-state index is 0.182. The molecule has 0 heterocycles. The number of Topliss-reactive ketones (excluding diaryl/α,β-unsaturated/α-hetero) is 1. The average molecular weight is 449 g/mol. The first-order chi connectivity index (χ1) is 14.6. The number of hydrogen-bond acceptors (Lipinski definition) is 1. The predicted octanol–water partition coefficient (Wildman–Crippen LogP) is 5.89. The topological polar surface area (TPSA) is 17.1 Å². The summed E-state index contributed by atoms with van der Waals surface area (Å²) >= 11 is 13.1. The summed E-state index contributed by atoms with van der Waals surface area (Å²) in [4.78, 5) is 13.6. The highest BCUT2D eigenvalue weighted by Gasteiger charge is 2.32. The van der Waals surface area contributed by atoms with E-state index in [4.69, 9.17) is 23.2 Å². The Balaban J connectivity index is 2.13. The molecule has 0 aliphatic carbocycles. The molecule has 0 N–H and O–H groups in total. The van der Waals surface area contributed by atoms with Gasteiger partial charge in [0.15, 0.2) is 0 Å². The molecule has 0 saturated heterocycles. The zero-order valence-electron chi connectivity index (χ0n) is 16.1. The second kappa shape index (κ2) is 9.06. The van der Waals surface area contributed by atoms with Crippen LogP contribution in [0.3, 0.4) is 0 Å². The van der Waals surface area contributed by atoms with E-state index in [1.807, 2.05) is 54.6 Å². The van der Waals surface area contributed by atoms with E-state index in [1.54, 1.807) is 24.3 Å². The molecule has 0 amide bonds. The molecule has 0 spiro atoms. The van der Waals surface area contributed by atoms with E-state index in [-0.39, 0.29) is 5.78 Å². The third-order valence-corrected chi connectivity index (χ3v) is 10.2. The molecule has 0 aliphatic heterocycles. The lowest BCUT2D eigenvalue weighted by Gasteiger charge is -2.30. The lowest BCUT2D eigenvalue weighted by Crippen LogP contribution is -2.31. The van der Waals surface area contributed by atoms with E-state index in [0.29, 0.717) is 15.3 Å². The van der Waals surface area contributed by atoms with Gasteiger partial charge in [-0.25, -0.2) is 0 Å². The van der Waals surface area contributed by atoms with Crippen LogP contribution in [0.2, 0.25) is 5.02 Å². The quantitative estimate of drug-likeness (QED) is 0.275. The molecule has 4 rings (SSSR count). The highest BCUT2D eigenvalue weighted by molar-refractivity contribution is 7.98. The summed E-state index contributed by atoms with van der Waals surface area (Å²) in [7, 11) is 0. The van der Waals surface area contributed by atoms with Crippen LogP contribution in [0.4, 0.5) is 0 Å². The van der Waals surface area contributed by atoms with Crippen molar-refractivity contribution < 1.29 is 4.79 Å². The normalized spacial score (nSPS) is 11.1. The predicted molar refractivity (Wildman–Crippen MR) is 132 cm³/mol. The number of benzene rings is 4. The summed E-state index contributed by atoms with van der Waals surface area (Å²) in [6.07, 6.45) is 0. The second-order valence-electron chi connectivity index (χ2n) is 6.80. The van der Waals surface area contributed by atoms with Gasteiger partial charge in [0.2, 0.25) is 5.78 Å². The minimum Gasteiger partial charge on any atom is -0.288 e. The molecule has 0 aliphatic rings. The molecular formula is C26H19Cl2OP. The van der Waals surface area contributed by atoms with Crippen molar-refractivity contribution in [3.05, 3.63) is 126 Å². The van der Waals surface area contributed by atoms with Crippen LogP contribution in [0.25, 0.3) is 0 Å². The standard InChI is InChI=1S/C26H19Cl2OP/c27-21-18-16-20(17-19-21)25(29)26(28)30(22-10-4-1-5-11-22,23-12-6-2-7-13-23)24-14-8-3-9-15-24/h1-19H. The number of halogens is 2. The Kier molecular flexibility index (Phi) is 6.25. The van der Waals surface area contributed by atoms with Crippen LogP contribution >= 0.6 is 30.1 Å². The van der Waals surface area contributed by atoms with E-state index < -0.39 is 6.89 Å². The largest absolute Gasteiger partial charge is 0.288 e. The lowest BCUT2D eigenvalue weighted by molar-refractivity contribution is 0.107. The third kappa shape index (κ3) is 3.77. The van der Waals surface area contributed by atoms with Gasteiger partial charge in [-0.15, -0.1) is 0 Å². The summed E-state index contributed by atoms with van der Waals surface area (Å²) in [5.41, 5.74) is 0.525. The molecule has 148 valence electrons. The van der Waals surface area contributed by atoms with Gasteiger partial charge < -0.3 is 0 Å². The van der Waals surface area contributed by atoms with Crippen molar-refractivity contribution >= 4 is 56.5 Å². The molecule has 0 bridgehead atoms. The molecule has 1 nitrogen and oxygen atoms in total. The maximum Gasteiger partial charge on any atom is 0.205 e. The monoisotopic (exact) mass is 448 g/mol. The van der Waals surface area contributed by atoms with Crippen molar-refractivity contribution in [2.75, 3.05) is 0 Å². The Morgan fingerprint density at radius 2 is 0.933 bits per heavy atom.